The molecule has 0 saturated heterocycles. The van der Waals surface area contributed by atoms with Crippen LogP contribution in [0.25, 0.3) is 11.1 Å². The van der Waals surface area contributed by atoms with Gasteiger partial charge in [0.2, 0.25) is 0 Å². The zero-order valence-electron chi connectivity index (χ0n) is 35.2. The Hall–Kier alpha value is -7.39. The van der Waals surface area contributed by atoms with Crippen molar-refractivity contribution in [3.05, 3.63) is 232 Å². The van der Waals surface area contributed by atoms with Gasteiger partial charge in [-0.3, -0.25) is 0 Å². The average Bonchev–Trinajstić information content (AvgIpc) is 3.34. The zero-order chi connectivity index (χ0) is 45.8. The Kier molecular flexibility index (Phi) is 17.7. The Morgan fingerprint density at radius 1 is 0.508 bits per heavy atom. The van der Waals surface area contributed by atoms with Gasteiger partial charge in [-0.1, -0.05) is 109 Å². The van der Waals surface area contributed by atoms with Crippen LogP contribution in [0.2, 0.25) is 0 Å². The first-order chi connectivity index (χ1) is 31.6. The van der Waals surface area contributed by atoms with E-state index in [0.29, 0.717) is 41.5 Å². The maximum atomic E-state index is 11.4. The maximum absolute atomic E-state index is 11.4. The first-order valence-corrected chi connectivity index (χ1v) is 21.3. The summed E-state index contributed by atoms with van der Waals surface area (Å²) in [6, 6.07) is 63.2. The molecule has 0 aliphatic rings. The molecule has 10 nitrogen and oxygen atoms in total. The Morgan fingerprint density at radius 2 is 0.985 bits per heavy atom. The minimum atomic E-state index is -1.53. The summed E-state index contributed by atoms with van der Waals surface area (Å²) in [5.74, 6) is 2.91. The fraction of sp³-hybridized carbons (Fsp3) is 0.0566. The van der Waals surface area contributed by atoms with Crippen LogP contribution in [0.15, 0.2) is 206 Å². The molecule has 0 radical (unpaired) electrons. The van der Waals surface area contributed by atoms with Crippen molar-refractivity contribution in [1.29, 1.82) is 0 Å². The predicted molar refractivity (Wildman–Crippen MR) is 260 cm³/mol. The van der Waals surface area contributed by atoms with Gasteiger partial charge in [0, 0.05) is 14.6 Å². The lowest BCUT2D eigenvalue weighted by atomic mass is 9.79. The summed E-state index contributed by atoms with van der Waals surface area (Å²) in [5.41, 5.74) is 4.88. The van der Waals surface area contributed by atoms with Crippen molar-refractivity contribution in [1.82, 2.24) is 0 Å². The summed E-state index contributed by atoms with van der Waals surface area (Å²) < 4.78 is 28.9. The zero-order valence-corrected chi connectivity index (χ0v) is 37.4. The molecule has 0 aliphatic carbocycles. The van der Waals surface area contributed by atoms with Crippen LogP contribution in [0.1, 0.15) is 31.8 Å². The topological polar surface area (TPSA) is 141 Å². The van der Waals surface area contributed by atoms with Crippen LogP contribution in [0.5, 0.6) is 34.5 Å². The van der Waals surface area contributed by atoms with Crippen LogP contribution in [0.4, 0.5) is 0 Å². The van der Waals surface area contributed by atoms with Crippen LogP contribution in [-0.4, -0.2) is 41.3 Å². The summed E-state index contributed by atoms with van der Waals surface area (Å²) in [6.07, 6.45) is 0. The second-order valence-electron chi connectivity index (χ2n) is 14.0. The summed E-state index contributed by atoms with van der Waals surface area (Å²) in [5, 5.41) is 27.4. The number of methoxy groups -OCH3 is 1. The van der Waals surface area contributed by atoms with E-state index in [1.807, 2.05) is 140 Å². The Labute approximate surface area is 391 Å². The van der Waals surface area contributed by atoms with Crippen LogP contribution in [0, 0.1) is 3.57 Å². The highest BCUT2D eigenvalue weighted by Gasteiger charge is 2.17. The summed E-state index contributed by atoms with van der Waals surface area (Å²) >= 11 is 2.25. The number of hydrogen-bond acceptors (Lipinski definition) is 9. The molecule has 3 N–H and O–H groups in total. The third-order valence-electron chi connectivity index (χ3n) is 9.34. The van der Waals surface area contributed by atoms with E-state index in [-0.39, 0.29) is 11.5 Å². The van der Waals surface area contributed by atoms with E-state index < -0.39 is 13.1 Å². The van der Waals surface area contributed by atoms with Crippen molar-refractivity contribution >= 4 is 47.1 Å². The number of para-hydroxylation sites is 4. The molecule has 65 heavy (non-hydrogen) atoms. The number of hydrogen-bond donors (Lipinski definition) is 3. The normalized spacial score (nSPS) is 10.2. The second-order valence-corrected chi connectivity index (χ2v) is 15.2. The van der Waals surface area contributed by atoms with Crippen molar-refractivity contribution < 1.29 is 48.4 Å². The van der Waals surface area contributed by atoms with Gasteiger partial charge in [-0.15, -0.1) is 0 Å². The van der Waals surface area contributed by atoms with E-state index in [4.69, 9.17) is 34.1 Å². The summed E-state index contributed by atoms with van der Waals surface area (Å²) in [7, 11) is -0.156. The van der Waals surface area contributed by atoms with Gasteiger partial charge in [0.1, 0.15) is 47.7 Å². The second kappa shape index (κ2) is 24.5. The number of aromatic carboxylic acids is 1. The molecule has 0 aromatic heterocycles. The van der Waals surface area contributed by atoms with Crippen LogP contribution >= 0.6 is 22.6 Å². The number of rotatable bonds is 14. The van der Waals surface area contributed by atoms with Gasteiger partial charge in [-0.2, -0.15) is 0 Å². The van der Waals surface area contributed by atoms with Gasteiger partial charge < -0.3 is 38.8 Å². The third-order valence-corrected chi connectivity index (χ3v) is 10.1. The van der Waals surface area contributed by atoms with Crippen LogP contribution in [-0.2, 0) is 18.0 Å². The SMILES string of the molecule is COC(=O)c1cccc(COc2ccc(I)cc2)c1.O=C(O)c1cccc(COc2ccc(-c3ccccc3Oc3ccccc3)cc2)c1.OB(O)c1ccccc1Oc1ccccc1. The Morgan fingerprint density at radius 3 is 1.54 bits per heavy atom. The maximum Gasteiger partial charge on any atom is 0.492 e. The highest BCUT2D eigenvalue weighted by Crippen LogP contribution is 2.34. The molecule has 0 unspecified atom stereocenters. The van der Waals surface area contributed by atoms with E-state index >= 15 is 0 Å². The largest absolute Gasteiger partial charge is 0.492 e. The quantitative estimate of drug-likeness (QED) is 0.0548. The third kappa shape index (κ3) is 14.9. The monoisotopic (exact) mass is 978 g/mol. The van der Waals surface area contributed by atoms with Crippen molar-refractivity contribution in [2.45, 2.75) is 13.2 Å². The molecule has 0 atom stereocenters. The smallest absolute Gasteiger partial charge is 0.489 e. The molecule has 0 spiro atoms. The lowest BCUT2D eigenvalue weighted by molar-refractivity contribution is 0.0599. The lowest BCUT2D eigenvalue weighted by Crippen LogP contribution is -2.30. The number of benzene rings is 8. The van der Waals surface area contributed by atoms with Crippen LogP contribution in [0.3, 0.4) is 0 Å². The van der Waals surface area contributed by atoms with Crippen molar-refractivity contribution in [2.24, 2.45) is 0 Å². The van der Waals surface area contributed by atoms with E-state index in [2.05, 4.69) is 27.3 Å². The van der Waals surface area contributed by atoms with Crippen molar-refractivity contribution in [3.8, 4) is 45.6 Å². The van der Waals surface area contributed by atoms with Gasteiger partial charge in [-0.05, 0) is 136 Å². The highest BCUT2D eigenvalue weighted by atomic mass is 127. The molecule has 0 saturated carbocycles. The van der Waals surface area contributed by atoms with Crippen molar-refractivity contribution in [2.75, 3.05) is 7.11 Å². The van der Waals surface area contributed by atoms with E-state index in [0.717, 1.165) is 43.1 Å². The Bertz CT molecular complexity index is 2730. The van der Waals surface area contributed by atoms with Gasteiger partial charge in [0.25, 0.3) is 0 Å². The number of carbonyl (C=O) groups is 2. The number of ether oxygens (including phenoxy) is 5. The number of halogens is 1. The highest BCUT2D eigenvalue weighted by molar-refractivity contribution is 14.1. The van der Waals surface area contributed by atoms with E-state index in [1.54, 1.807) is 66.7 Å². The minimum absolute atomic E-state index is 0.251. The van der Waals surface area contributed by atoms with Gasteiger partial charge in [-0.25, -0.2) is 9.59 Å². The van der Waals surface area contributed by atoms with Gasteiger partial charge in [0.05, 0.1) is 18.2 Å². The molecule has 0 aliphatic heterocycles. The fourth-order valence-electron chi connectivity index (χ4n) is 6.11. The first kappa shape index (κ1) is 47.1. The van der Waals surface area contributed by atoms with Crippen LogP contribution < -0.4 is 24.4 Å². The summed E-state index contributed by atoms with van der Waals surface area (Å²) in [6.45, 7) is 0.722. The number of esters is 1. The van der Waals surface area contributed by atoms with E-state index in [1.165, 1.54) is 7.11 Å². The number of carbonyl (C=O) groups excluding carboxylic acids is 1. The number of carboxylic acids is 1. The molecule has 8 aromatic rings. The molecular weight excluding hydrogens is 934 g/mol. The van der Waals surface area contributed by atoms with Gasteiger partial charge >= 0.3 is 19.1 Å². The molecular formula is C53H44BIO10. The molecule has 0 amide bonds. The molecule has 326 valence electrons. The number of carboxylic acid groups (broad SMARTS) is 1. The molecule has 8 rings (SSSR count). The lowest BCUT2D eigenvalue weighted by Gasteiger charge is -2.12. The Balaban J connectivity index is 0.000000172. The molecule has 0 fully saturated rings. The average molecular weight is 979 g/mol. The van der Waals surface area contributed by atoms with Crippen molar-refractivity contribution in [3.63, 3.8) is 0 Å². The fourth-order valence-corrected chi connectivity index (χ4v) is 6.47. The first-order valence-electron chi connectivity index (χ1n) is 20.3. The van der Waals surface area contributed by atoms with Gasteiger partial charge in [0.15, 0.2) is 0 Å². The predicted octanol–water partition coefficient (Wildman–Crippen LogP) is 11.2. The molecule has 0 heterocycles. The minimum Gasteiger partial charge on any atom is -0.489 e. The summed E-state index contributed by atoms with van der Waals surface area (Å²) in [4.78, 5) is 22.5. The standard InChI is InChI=1S/C26H20O4.C15H13IO3.C12H11BO3/c27-26(28)21-8-6-7-19(17-21)18-29-22-15-13-20(14-16-22)24-11-4-5-12-25(24)30-23-9-2-1-3-10-23;1-18-15(17)12-4-2-3-11(9-12)10-19-14-7-5-13(16)6-8-14;14-13(15)11-8-4-5-9-12(11)16-10-6-2-1-3-7-10/h1-17H,18H2,(H,27,28);2-9H,10H2,1H3;1-9,14-15H. The molecule has 12 heteroatoms. The molecule has 0 bridgehead atoms. The molecule has 8 aromatic carbocycles. The van der Waals surface area contributed by atoms with E-state index in [9.17, 15) is 9.59 Å².